The largest absolute Gasteiger partial charge is 0.352 e. The first-order valence-corrected chi connectivity index (χ1v) is 9.15. The number of carbonyl (C=O) groups is 2. The summed E-state index contributed by atoms with van der Waals surface area (Å²) in [5.41, 5.74) is 0.797. The third-order valence-corrected chi connectivity index (χ3v) is 5.06. The van der Waals surface area contributed by atoms with E-state index in [9.17, 15) is 14.0 Å². The number of likely N-dealkylation sites (tertiary alicyclic amines) is 1. The van der Waals surface area contributed by atoms with Crippen LogP contribution in [0.4, 0.5) is 4.39 Å². The zero-order valence-corrected chi connectivity index (χ0v) is 14.5. The van der Waals surface area contributed by atoms with Gasteiger partial charge in [0.25, 0.3) is 0 Å². The highest BCUT2D eigenvalue weighted by atomic mass is 19.1. The molecule has 0 aliphatic carbocycles. The van der Waals surface area contributed by atoms with Crippen LogP contribution in [0.15, 0.2) is 24.3 Å². The lowest BCUT2D eigenvalue weighted by molar-refractivity contribution is -0.135. The fraction of sp³-hybridized carbons (Fsp3) is 0.579. The van der Waals surface area contributed by atoms with E-state index in [1.807, 2.05) is 0 Å². The smallest absolute Gasteiger partial charge is 0.227 e. The summed E-state index contributed by atoms with van der Waals surface area (Å²) in [6, 6.07) is 6.21. The fourth-order valence-electron chi connectivity index (χ4n) is 3.60. The molecule has 2 heterocycles. The molecule has 2 fully saturated rings. The van der Waals surface area contributed by atoms with Gasteiger partial charge in [0.1, 0.15) is 5.82 Å². The first kappa shape index (κ1) is 17.9. The predicted molar refractivity (Wildman–Crippen MR) is 93.4 cm³/mol. The number of nitrogens with zero attached hydrogens (tertiary/aromatic N) is 1. The van der Waals surface area contributed by atoms with Crippen molar-refractivity contribution in [3.8, 4) is 0 Å². The lowest BCUT2D eigenvalue weighted by Gasteiger charge is -2.33. The standard InChI is InChI=1S/C19H26FN3O2/c20-16-7-5-14(6-8-16)11-18(24)23-10-2-3-15(13-23)19(25)22-17-4-1-9-21-12-17/h5-8,15,17,21H,1-4,9-13H2,(H,22,25)/t15?,17-/m0/s1. The van der Waals surface area contributed by atoms with Crippen LogP contribution in [-0.4, -0.2) is 48.9 Å². The van der Waals surface area contributed by atoms with Crippen LogP contribution in [0, 0.1) is 11.7 Å². The Kier molecular flexibility index (Phi) is 6.02. The molecule has 0 radical (unpaired) electrons. The maximum atomic E-state index is 13.0. The first-order chi connectivity index (χ1) is 12.1. The van der Waals surface area contributed by atoms with Gasteiger partial charge in [-0.3, -0.25) is 9.59 Å². The Hall–Kier alpha value is -1.95. The molecule has 2 aliphatic heterocycles. The number of hydrogen-bond donors (Lipinski definition) is 2. The Labute approximate surface area is 148 Å². The summed E-state index contributed by atoms with van der Waals surface area (Å²) in [5.74, 6) is -0.368. The van der Waals surface area contributed by atoms with Crippen molar-refractivity contribution >= 4 is 11.8 Å². The van der Waals surface area contributed by atoms with E-state index in [2.05, 4.69) is 10.6 Å². The average Bonchev–Trinajstić information content (AvgIpc) is 2.64. The lowest BCUT2D eigenvalue weighted by Crippen LogP contribution is -2.51. The Morgan fingerprint density at radius 3 is 2.72 bits per heavy atom. The number of amides is 2. The fourth-order valence-corrected chi connectivity index (χ4v) is 3.60. The predicted octanol–water partition coefficient (Wildman–Crippen LogP) is 1.47. The van der Waals surface area contributed by atoms with Gasteiger partial charge in [0.05, 0.1) is 12.3 Å². The van der Waals surface area contributed by atoms with E-state index in [0.29, 0.717) is 13.1 Å². The summed E-state index contributed by atoms with van der Waals surface area (Å²) in [7, 11) is 0. The van der Waals surface area contributed by atoms with Gasteiger partial charge in [0.2, 0.25) is 11.8 Å². The zero-order valence-electron chi connectivity index (χ0n) is 14.5. The first-order valence-electron chi connectivity index (χ1n) is 9.15. The number of piperidine rings is 2. The van der Waals surface area contributed by atoms with Crippen molar-refractivity contribution in [2.24, 2.45) is 5.92 Å². The molecular weight excluding hydrogens is 321 g/mol. The second-order valence-electron chi connectivity index (χ2n) is 7.03. The number of rotatable bonds is 4. The number of carbonyl (C=O) groups excluding carboxylic acids is 2. The lowest BCUT2D eigenvalue weighted by atomic mass is 9.95. The summed E-state index contributed by atoms with van der Waals surface area (Å²) in [4.78, 5) is 26.8. The number of halogens is 1. The third kappa shape index (κ3) is 5.01. The highest BCUT2D eigenvalue weighted by molar-refractivity contribution is 5.82. The molecule has 2 amide bonds. The molecule has 2 aliphatic rings. The SMILES string of the molecule is O=C(N[C@H]1CCCNC1)C1CCCN(C(=O)Cc2ccc(F)cc2)C1. The van der Waals surface area contributed by atoms with Crippen LogP contribution in [0.5, 0.6) is 0 Å². The van der Waals surface area contributed by atoms with Crippen molar-refractivity contribution in [2.45, 2.75) is 38.1 Å². The van der Waals surface area contributed by atoms with Crippen molar-refractivity contribution in [1.82, 2.24) is 15.5 Å². The molecule has 25 heavy (non-hydrogen) atoms. The van der Waals surface area contributed by atoms with E-state index in [1.165, 1.54) is 12.1 Å². The molecule has 136 valence electrons. The molecule has 3 rings (SSSR count). The summed E-state index contributed by atoms with van der Waals surface area (Å²) < 4.78 is 13.0. The third-order valence-electron chi connectivity index (χ3n) is 5.06. The minimum absolute atomic E-state index is 0.00319. The molecule has 1 unspecified atom stereocenters. The maximum Gasteiger partial charge on any atom is 0.227 e. The molecule has 0 spiro atoms. The molecule has 1 aromatic carbocycles. The molecule has 1 aromatic rings. The van der Waals surface area contributed by atoms with E-state index in [-0.39, 0.29) is 36.0 Å². The van der Waals surface area contributed by atoms with Gasteiger partial charge < -0.3 is 15.5 Å². The van der Waals surface area contributed by atoms with Crippen LogP contribution in [0.1, 0.15) is 31.2 Å². The van der Waals surface area contributed by atoms with Crippen molar-refractivity contribution in [1.29, 1.82) is 0 Å². The highest BCUT2D eigenvalue weighted by Gasteiger charge is 2.29. The molecule has 0 saturated carbocycles. The van der Waals surface area contributed by atoms with Gasteiger partial charge in [-0.15, -0.1) is 0 Å². The topological polar surface area (TPSA) is 61.4 Å². The molecule has 0 aromatic heterocycles. The van der Waals surface area contributed by atoms with Gasteiger partial charge in [-0.05, 0) is 49.9 Å². The van der Waals surface area contributed by atoms with E-state index in [1.54, 1.807) is 17.0 Å². The minimum atomic E-state index is -0.303. The van der Waals surface area contributed by atoms with Crippen molar-refractivity contribution in [3.63, 3.8) is 0 Å². The van der Waals surface area contributed by atoms with Crippen molar-refractivity contribution < 1.29 is 14.0 Å². The van der Waals surface area contributed by atoms with E-state index < -0.39 is 0 Å². The average molecular weight is 347 g/mol. The molecule has 2 N–H and O–H groups in total. The van der Waals surface area contributed by atoms with Gasteiger partial charge in [-0.25, -0.2) is 4.39 Å². The Bertz CT molecular complexity index is 599. The van der Waals surface area contributed by atoms with Crippen LogP contribution in [0.25, 0.3) is 0 Å². The van der Waals surface area contributed by atoms with Crippen molar-refractivity contribution in [2.75, 3.05) is 26.2 Å². The quantitative estimate of drug-likeness (QED) is 0.867. The van der Waals surface area contributed by atoms with Crippen LogP contribution >= 0.6 is 0 Å². The van der Waals surface area contributed by atoms with Crippen LogP contribution in [-0.2, 0) is 16.0 Å². The van der Waals surface area contributed by atoms with Crippen LogP contribution in [0.2, 0.25) is 0 Å². The van der Waals surface area contributed by atoms with Gasteiger partial charge in [-0.1, -0.05) is 12.1 Å². The Morgan fingerprint density at radius 2 is 2.00 bits per heavy atom. The van der Waals surface area contributed by atoms with Gasteiger partial charge in [-0.2, -0.15) is 0 Å². The number of hydrogen-bond acceptors (Lipinski definition) is 3. The molecule has 2 saturated heterocycles. The second-order valence-corrected chi connectivity index (χ2v) is 7.03. The maximum absolute atomic E-state index is 13.0. The van der Waals surface area contributed by atoms with Crippen molar-refractivity contribution in [3.05, 3.63) is 35.6 Å². The Balaban J connectivity index is 1.52. The molecular formula is C19H26FN3O2. The monoisotopic (exact) mass is 347 g/mol. The molecule has 2 atom stereocenters. The van der Waals surface area contributed by atoms with Crippen LogP contribution in [0.3, 0.4) is 0 Å². The number of benzene rings is 1. The Morgan fingerprint density at radius 1 is 1.20 bits per heavy atom. The summed E-state index contributed by atoms with van der Waals surface area (Å²) in [6.07, 6.45) is 4.01. The zero-order chi connectivity index (χ0) is 17.6. The normalized spacial score (nSPS) is 24.0. The van der Waals surface area contributed by atoms with Gasteiger partial charge in [0, 0.05) is 25.7 Å². The van der Waals surface area contributed by atoms with Gasteiger partial charge in [0.15, 0.2) is 0 Å². The molecule has 6 heteroatoms. The number of nitrogens with one attached hydrogen (secondary N) is 2. The summed E-state index contributed by atoms with van der Waals surface area (Å²) >= 11 is 0. The second kappa shape index (κ2) is 8.43. The molecule has 5 nitrogen and oxygen atoms in total. The summed E-state index contributed by atoms with van der Waals surface area (Å²) in [6.45, 7) is 3.01. The van der Waals surface area contributed by atoms with Crippen LogP contribution < -0.4 is 10.6 Å². The van der Waals surface area contributed by atoms with E-state index in [4.69, 9.17) is 0 Å². The van der Waals surface area contributed by atoms with E-state index in [0.717, 1.165) is 44.3 Å². The highest BCUT2D eigenvalue weighted by Crippen LogP contribution is 2.18. The van der Waals surface area contributed by atoms with E-state index >= 15 is 0 Å². The summed E-state index contributed by atoms with van der Waals surface area (Å²) in [5, 5.41) is 6.42. The minimum Gasteiger partial charge on any atom is -0.352 e. The van der Waals surface area contributed by atoms with Gasteiger partial charge >= 0.3 is 0 Å². The molecule has 0 bridgehead atoms.